The molecule has 0 amide bonds. The van der Waals surface area contributed by atoms with Crippen LogP contribution >= 0.6 is 11.6 Å². The van der Waals surface area contributed by atoms with Crippen LogP contribution in [0.25, 0.3) is 22.3 Å². The molecule has 0 saturated carbocycles. The van der Waals surface area contributed by atoms with Gasteiger partial charge in [0.15, 0.2) is 0 Å². The lowest BCUT2D eigenvalue weighted by Crippen LogP contribution is -2.15. The number of rotatable bonds is 5. The smallest absolute Gasteiger partial charge is 0.339 e. The molecular formula is C23H19ClO5. The fraction of sp³-hybridized carbons (Fsp3) is 0.130. The SMILES string of the molecule is COC(=O)c1c(-c2ccccc2)cc(Cl)c(-c2ccc(OC)cc2)c1C(=O)OC. The van der Waals surface area contributed by atoms with Gasteiger partial charge in [0, 0.05) is 10.6 Å². The summed E-state index contributed by atoms with van der Waals surface area (Å²) in [5.41, 5.74) is 2.39. The Morgan fingerprint density at radius 1 is 0.759 bits per heavy atom. The zero-order valence-corrected chi connectivity index (χ0v) is 16.9. The Morgan fingerprint density at radius 3 is 1.90 bits per heavy atom. The molecular weight excluding hydrogens is 392 g/mol. The molecule has 0 heterocycles. The Bertz CT molecular complexity index is 1040. The Balaban J connectivity index is 2.40. The zero-order valence-electron chi connectivity index (χ0n) is 16.2. The molecule has 0 aliphatic rings. The molecule has 0 aliphatic carbocycles. The first kappa shape index (κ1) is 20.4. The minimum atomic E-state index is -0.684. The first-order valence-corrected chi connectivity index (χ1v) is 9.12. The van der Waals surface area contributed by atoms with E-state index in [0.717, 1.165) is 5.56 Å². The number of esters is 2. The standard InChI is InChI=1S/C23H19ClO5/c1-27-16-11-9-15(10-12-16)19-18(24)13-17(14-7-5-4-6-8-14)20(22(25)28-2)21(19)23(26)29-3/h4-13H,1-3H3. The van der Waals surface area contributed by atoms with Gasteiger partial charge in [-0.15, -0.1) is 0 Å². The van der Waals surface area contributed by atoms with Crippen molar-refractivity contribution in [3.8, 4) is 28.0 Å². The maximum Gasteiger partial charge on any atom is 0.339 e. The molecule has 0 saturated heterocycles. The highest BCUT2D eigenvalue weighted by Crippen LogP contribution is 2.40. The summed E-state index contributed by atoms with van der Waals surface area (Å²) in [5, 5.41) is 0.307. The first-order valence-electron chi connectivity index (χ1n) is 8.74. The van der Waals surface area contributed by atoms with E-state index in [0.29, 0.717) is 27.5 Å². The first-order chi connectivity index (χ1) is 14.0. The number of carbonyl (C=O) groups excluding carboxylic acids is 2. The fourth-order valence-corrected chi connectivity index (χ4v) is 3.47. The summed E-state index contributed by atoms with van der Waals surface area (Å²) >= 11 is 6.62. The van der Waals surface area contributed by atoms with E-state index in [1.54, 1.807) is 37.4 Å². The number of carbonyl (C=O) groups is 2. The lowest BCUT2D eigenvalue weighted by molar-refractivity contribution is 0.0556. The van der Waals surface area contributed by atoms with E-state index in [1.165, 1.54) is 14.2 Å². The average molecular weight is 411 g/mol. The van der Waals surface area contributed by atoms with E-state index in [4.69, 9.17) is 25.8 Å². The number of methoxy groups -OCH3 is 3. The van der Waals surface area contributed by atoms with E-state index in [9.17, 15) is 9.59 Å². The molecule has 0 fully saturated rings. The van der Waals surface area contributed by atoms with Crippen LogP contribution in [-0.2, 0) is 9.47 Å². The zero-order chi connectivity index (χ0) is 21.0. The number of benzene rings is 3. The predicted octanol–water partition coefficient (Wildman–Crippen LogP) is 5.26. The van der Waals surface area contributed by atoms with Gasteiger partial charge in [0.2, 0.25) is 0 Å². The summed E-state index contributed by atoms with van der Waals surface area (Å²) in [6, 6.07) is 17.8. The van der Waals surface area contributed by atoms with E-state index >= 15 is 0 Å². The number of hydrogen-bond acceptors (Lipinski definition) is 5. The van der Waals surface area contributed by atoms with Gasteiger partial charge in [0.05, 0.1) is 32.5 Å². The van der Waals surface area contributed by atoms with E-state index in [-0.39, 0.29) is 11.1 Å². The maximum absolute atomic E-state index is 12.8. The van der Waals surface area contributed by atoms with Crippen molar-refractivity contribution in [2.45, 2.75) is 0 Å². The number of halogens is 1. The van der Waals surface area contributed by atoms with Crippen LogP contribution in [0.15, 0.2) is 60.7 Å². The van der Waals surface area contributed by atoms with E-state index in [2.05, 4.69) is 0 Å². The molecule has 0 aromatic heterocycles. The summed E-state index contributed by atoms with van der Waals surface area (Å²) in [6.45, 7) is 0. The molecule has 0 atom stereocenters. The molecule has 148 valence electrons. The van der Waals surface area contributed by atoms with Crippen molar-refractivity contribution in [3.05, 3.63) is 76.8 Å². The Kier molecular flexibility index (Phi) is 6.20. The number of hydrogen-bond donors (Lipinski definition) is 0. The Hall–Kier alpha value is -3.31. The molecule has 0 aliphatic heterocycles. The van der Waals surface area contributed by atoms with Crippen molar-refractivity contribution >= 4 is 23.5 Å². The van der Waals surface area contributed by atoms with Crippen LogP contribution in [0.4, 0.5) is 0 Å². The molecule has 3 rings (SSSR count). The van der Waals surface area contributed by atoms with Crippen molar-refractivity contribution in [1.29, 1.82) is 0 Å². The van der Waals surface area contributed by atoms with Gasteiger partial charge in [0.25, 0.3) is 0 Å². The van der Waals surface area contributed by atoms with Gasteiger partial charge in [-0.3, -0.25) is 0 Å². The van der Waals surface area contributed by atoms with Gasteiger partial charge < -0.3 is 14.2 Å². The van der Waals surface area contributed by atoms with E-state index < -0.39 is 11.9 Å². The number of ether oxygens (including phenoxy) is 3. The highest BCUT2D eigenvalue weighted by Gasteiger charge is 2.29. The second kappa shape index (κ2) is 8.80. The molecule has 6 heteroatoms. The normalized spacial score (nSPS) is 10.3. The molecule has 3 aromatic rings. The summed E-state index contributed by atoms with van der Waals surface area (Å²) in [4.78, 5) is 25.5. The summed E-state index contributed by atoms with van der Waals surface area (Å²) in [6.07, 6.45) is 0. The van der Waals surface area contributed by atoms with Crippen LogP contribution in [0.3, 0.4) is 0 Å². The summed E-state index contributed by atoms with van der Waals surface area (Å²) in [5.74, 6) is -0.690. The molecule has 5 nitrogen and oxygen atoms in total. The lowest BCUT2D eigenvalue weighted by Gasteiger charge is -2.18. The Labute approximate surface area is 173 Å². The van der Waals surface area contributed by atoms with Crippen molar-refractivity contribution < 1.29 is 23.8 Å². The Morgan fingerprint density at radius 2 is 1.34 bits per heavy atom. The van der Waals surface area contributed by atoms with Crippen molar-refractivity contribution in [2.75, 3.05) is 21.3 Å². The monoisotopic (exact) mass is 410 g/mol. The van der Waals surface area contributed by atoms with Crippen LogP contribution in [0.2, 0.25) is 5.02 Å². The second-order valence-corrected chi connectivity index (χ2v) is 6.52. The molecule has 3 aromatic carbocycles. The van der Waals surface area contributed by atoms with Gasteiger partial charge in [-0.25, -0.2) is 9.59 Å². The molecule has 0 unspecified atom stereocenters. The molecule has 0 spiro atoms. The topological polar surface area (TPSA) is 61.8 Å². The van der Waals surface area contributed by atoms with Crippen LogP contribution in [0.1, 0.15) is 20.7 Å². The quantitative estimate of drug-likeness (QED) is 0.537. The fourth-order valence-electron chi connectivity index (χ4n) is 3.16. The van der Waals surface area contributed by atoms with Crippen molar-refractivity contribution in [1.82, 2.24) is 0 Å². The van der Waals surface area contributed by atoms with Crippen LogP contribution < -0.4 is 4.74 Å². The lowest BCUT2D eigenvalue weighted by atomic mass is 9.89. The highest BCUT2D eigenvalue weighted by molar-refractivity contribution is 6.35. The average Bonchev–Trinajstić information content (AvgIpc) is 2.78. The third-order valence-corrected chi connectivity index (χ3v) is 4.82. The highest BCUT2D eigenvalue weighted by atomic mass is 35.5. The summed E-state index contributed by atoms with van der Waals surface area (Å²) < 4.78 is 15.2. The van der Waals surface area contributed by atoms with Crippen molar-refractivity contribution in [3.63, 3.8) is 0 Å². The van der Waals surface area contributed by atoms with Gasteiger partial charge in [-0.05, 0) is 34.9 Å². The molecule has 29 heavy (non-hydrogen) atoms. The van der Waals surface area contributed by atoms with Crippen LogP contribution in [0.5, 0.6) is 5.75 Å². The third-order valence-electron chi connectivity index (χ3n) is 4.52. The minimum Gasteiger partial charge on any atom is -0.497 e. The molecule has 0 bridgehead atoms. The van der Waals surface area contributed by atoms with Gasteiger partial charge in [-0.1, -0.05) is 54.1 Å². The van der Waals surface area contributed by atoms with Gasteiger partial charge >= 0.3 is 11.9 Å². The van der Waals surface area contributed by atoms with E-state index in [1.807, 2.05) is 30.3 Å². The summed E-state index contributed by atoms with van der Waals surface area (Å²) in [7, 11) is 4.08. The minimum absolute atomic E-state index is 0.0517. The largest absolute Gasteiger partial charge is 0.497 e. The van der Waals surface area contributed by atoms with Gasteiger partial charge in [0.1, 0.15) is 5.75 Å². The van der Waals surface area contributed by atoms with Crippen LogP contribution in [0, 0.1) is 0 Å². The molecule has 0 radical (unpaired) electrons. The maximum atomic E-state index is 12.8. The van der Waals surface area contributed by atoms with Crippen LogP contribution in [-0.4, -0.2) is 33.3 Å². The molecule has 0 N–H and O–H groups in total. The predicted molar refractivity (Wildman–Crippen MR) is 112 cm³/mol. The third kappa shape index (κ3) is 3.96. The van der Waals surface area contributed by atoms with Gasteiger partial charge in [-0.2, -0.15) is 0 Å². The van der Waals surface area contributed by atoms with Crippen molar-refractivity contribution in [2.24, 2.45) is 0 Å². The second-order valence-electron chi connectivity index (χ2n) is 6.11.